The van der Waals surface area contributed by atoms with Crippen LogP contribution in [0.2, 0.25) is 10.0 Å². The average molecular weight is 378 g/mol. The molecule has 0 saturated carbocycles. The van der Waals surface area contributed by atoms with Crippen LogP contribution in [0.1, 0.15) is 16.2 Å². The minimum absolute atomic E-state index is 0.159. The van der Waals surface area contributed by atoms with Crippen LogP contribution in [0.15, 0.2) is 48.0 Å². The van der Waals surface area contributed by atoms with Gasteiger partial charge >= 0.3 is 0 Å². The summed E-state index contributed by atoms with van der Waals surface area (Å²) < 4.78 is 0. The van der Waals surface area contributed by atoms with Crippen molar-refractivity contribution < 1.29 is 4.79 Å². The number of benzene rings is 1. The third-order valence-electron chi connectivity index (χ3n) is 3.36. The zero-order valence-corrected chi connectivity index (χ0v) is 15.1. The van der Waals surface area contributed by atoms with E-state index in [0.717, 1.165) is 11.3 Å². The zero-order chi connectivity index (χ0) is 17.1. The van der Waals surface area contributed by atoms with E-state index >= 15 is 0 Å². The second-order valence-electron chi connectivity index (χ2n) is 5.14. The first-order valence-corrected chi connectivity index (χ1v) is 8.74. The molecule has 0 aliphatic rings. The number of rotatable bonds is 4. The van der Waals surface area contributed by atoms with E-state index in [1.165, 1.54) is 11.3 Å². The number of hydrogen-bond donors (Lipinski definition) is 0. The summed E-state index contributed by atoms with van der Waals surface area (Å²) in [5.41, 5.74) is 1.97. The molecule has 4 nitrogen and oxygen atoms in total. The molecule has 3 rings (SSSR count). The summed E-state index contributed by atoms with van der Waals surface area (Å²) in [6.07, 6.45) is 1.71. The molecule has 1 aromatic carbocycles. The third-order valence-corrected chi connectivity index (χ3v) is 4.78. The van der Waals surface area contributed by atoms with Crippen LogP contribution >= 0.6 is 34.5 Å². The van der Waals surface area contributed by atoms with Crippen LogP contribution in [0.5, 0.6) is 0 Å². The first-order chi connectivity index (χ1) is 11.5. The minimum Gasteiger partial charge on any atom is -0.334 e. The Morgan fingerprint density at radius 1 is 1.25 bits per heavy atom. The highest BCUT2D eigenvalue weighted by Crippen LogP contribution is 2.32. The van der Waals surface area contributed by atoms with Gasteiger partial charge in [-0.2, -0.15) is 0 Å². The number of carbonyl (C=O) groups is 1. The van der Waals surface area contributed by atoms with Gasteiger partial charge in [0.05, 0.1) is 17.3 Å². The highest BCUT2D eigenvalue weighted by atomic mass is 35.5. The van der Waals surface area contributed by atoms with E-state index in [0.29, 0.717) is 27.3 Å². The summed E-state index contributed by atoms with van der Waals surface area (Å²) in [6.45, 7) is 0.425. The minimum atomic E-state index is -0.159. The summed E-state index contributed by atoms with van der Waals surface area (Å²) in [5, 5.41) is 3.49. The quantitative estimate of drug-likeness (QED) is 0.656. The van der Waals surface area contributed by atoms with Crippen LogP contribution in [0.3, 0.4) is 0 Å². The molecule has 7 heteroatoms. The van der Waals surface area contributed by atoms with Crippen LogP contribution in [0.25, 0.3) is 10.6 Å². The smallest absolute Gasteiger partial charge is 0.273 e. The lowest BCUT2D eigenvalue weighted by Gasteiger charge is -2.15. The molecule has 0 unspecified atom stereocenters. The van der Waals surface area contributed by atoms with Crippen LogP contribution in [0, 0.1) is 0 Å². The molecule has 0 fully saturated rings. The zero-order valence-electron chi connectivity index (χ0n) is 12.7. The van der Waals surface area contributed by atoms with Gasteiger partial charge in [0, 0.05) is 29.2 Å². The van der Waals surface area contributed by atoms with E-state index in [9.17, 15) is 4.79 Å². The molecule has 0 aliphatic carbocycles. The topological polar surface area (TPSA) is 46.1 Å². The Bertz CT molecular complexity index is 867. The fraction of sp³-hybridized carbons (Fsp3) is 0.118. The van der Waals surface area contributed by atoms with Crippen molar-refractivity contribution >= 4 is 40.4 Å². The maximum Gasteiger partial charge on any atom is 0.273 e. The molecular weight excluding hydrogens is 365 g/mol. The van der Waals surface area contributed by atoms with E-state index < -0.39 is 0 Å². The molecule has 2 aromatic heterocycles. The summed E-state index contributed by atoms with van der Waals surface area (Å²) in [4.78, 5) is 22.7. The number of pyridine rings is 1. The molecule has 0 radical (unpaired) electrons. The monoisotopic (exact) mass is 377 g/mol. The maximum absolute atomic E-state index is 12.5. The van der Waals surface area contributed by atoms with Crippen LogP contribution in [-0.2, 0) is 6.54 Å². The molecule has 24 heavy (non-hydrogen) atoms. The van der Waals surface area contributed by atoms with Gasteiger partial charge in [0.25, 0.3) is 5.91 Å². The predicted molar refractivity (Wildman–Crippen MR) is 97.6 cm³/mol. The molecule has 0 atom stereocenters. The molecule has 0 N–H and O–H groups in total. The Labute approximate surface area is 153 Å². The van der Waals surface area contributed by atoms with E-state index in [-0.39, 0.29) is 5.91 Å². The molecular formula is C17H13Cl2N3OS. The largest absolute Gasteiger partial charge is 0.334 e. The predicted octanol–water partition coefficient (Wildman–Crippen LogP) is 4.78. The van der Waals surface area contributed by atoms with E-state index in [2.05, 4.69) is 9.97 Å². The molecule has 0 bridgehead atoms. The van der Waals surface area contributed by atoms with Crippen molar-refractivity contribution in [1.82, 2.24) is 14.9 Å². The van der Waals surface area contributed by atoms with E-state index in [1.807, 2.05) is 18.2 Å². The third kappa shape index (κ3) is 3.75. The van der Waals surface area contributed by atoms with E-state index in [1.54, 1.807) is 41.7 Å². The van der Waals surface area contributed by atoms with Gasteiger partial charge in [0.2, 0.25) is 0 Å². The molecule has 0 aliphatic heterocycles. The van der Waals surface area contributed by atoms with Gasteiger partial charge in [-0.25, -0.2) is 4.98 Å². The van der Waals surface area contributed by atoms with Crippen molar-refractivity contribution in [2.75, 3.05) is 7.05 Å². The number of nitrogens with zero attached hydrogens (tertiary/aromatic N) is 3. The van der Waals surface area contributed by atoms with Crippen LogP contribution in [0.4, 0.5) is 0 Å². The van der Waals surface area contributed by atoms with Gasteiger partial charge in [0.15, 0.2) is 0 Å². The maximum atomic E-state index is 12.5. The number of hydrogen-bond acceptors (Lipinski definition) is 4. The van der Waals surface area contributed by atoms with Crippen molar-refractivity contribution in [2.24, 2.45) is 0 Å². The van der Waals surface area contributed by atoms with Gasteiger partial charge in [-0.3, -0.25) is 9.78 Å². The van der Waals surface area contributed by atoms with Gasteiger partial charge in [0.1, 0.15) is 10.7 Å². The normalized spacial score (nSPS) is 10.6. The number of aromatic nitrogens is 2. The van der Waals surface area contributed by atoms with E-state index in [4.69, 9.17) is 23.2 Å². The van der Waals surface area contributed by atoms with Crippen molar-refractivity contribution in [3.63, 3.8) is 0 Å². The molecule has 0 saturated heterocycles. The Morgan fingerprint density at radius 3 is 2.79 bits per heavy atom. The Kier molecular flexibility index (Phi) is 5.14. The number of carbonyl (C=O) groups excluding carboxylic acids is 1. The highest BCUT2D eigenvalue weighted by Gasteiger charge is 2.17. The fourth-order valence-electron chi connectivity index (χ4n) is 2.16. The highest BCUT2D eigenvalue weighted by molar-refractivity contribution is 7.13. The lowest BCUT2D eigenvalue weighted by Crippen LogP contribution is -2.26. The lowest BCUT2D eigenvalue weighted by molar-refractivity contribution is 0.0778. The fourth-order valence-corrected chi connectivity index (χ4v) is 3.55. The second kappa shape index (κ2) is 7.30. The number of thiazole rings is 1. The summed E-state index contributed by atoms with van der Waals surface area (Å²) >= 11 is 13.5. The molecule has 2 heterocycles. The molecule has 3 aromatic rings. The van der Waals surface area contributed by atoms with Gasteiger partial charge in [-0.15, -0.1) is 11.3 Å². The van der Waals surface area contributed by atoms with Crippen LogP contribution in [-0.4, -0.2) is 27.8 Å². The summed E-state index contributed by atoms with van der Waals surface area (Å²) in [5.74, 6) is -0.159. The SMILES string of the molecule is CN(Cc1ccccn1)C(=O)c1csc(-c2ccc(Cl)cc2Cl)n1. The number of halogens is 2. The van der Waals surface area contributed by atoms with Crippen molar-refractivity contribution in [1.29, 1.82) is 0 Å². The van der Waals surface area contributed by atoms with Crippen molar-refractivity contribution in [3.05, 3.63) is 69.4 Å². The van der Waals surface area contributed by atoms with Gasteiger partial charge in [-0.05, 0) is 30.3 Å². The van der Waals surface area contributed by atoms with Crippen LogP contribution < -0.4 is 0 Å². The lowest BCUT2D eigenvalue weighted by atomic mass is 10.2. The number of amides is 1. The van der Waals surface area contributed by atoms with Crippen molar-refractivity contribution in [2.45, 2.75) is 6.54 Å². The standard InChI is InChI=1S/C17H13Cl2N3OS/c1-22(9-12-4-2-3-7-20-12)17(23)15-10-24-16(21-15)13-6-5-11(18)8-14(13)19/h2-8,10H,9H2,1H3. The Morgan fingerprint density at radius 2 is 2.08 bits per heavy atom. The summed E-state index contributed by atoms with van der Waals surface area (Å²) in [6, 6.07) is 10.8. The average Bonchev–Trinajstić information content (AvgIpc) is 3.04. The first kappa shape index (κ1) is 16.9. The van der Waals surface area contributed by atoms with Gasteiger partial charge in [-0.1, -0.05) is 29.3 Å². The first-order valence-electron chi connectivity index (χ1n) is 7.11. The van der Waals surface area contributed by atoms with Crippen molar-refractivity contribution in [3.8, 4) is 10.6 Å². The molecule has 122 valence electrons. The second-order valence-corrected chi connectivity index (χ2v) is 6.85. The van der Waals surface area contributed by atoms with Gasteiger partial charge < -0.3 is 4.90 Å². The Balaban J connectivity index is 1.78. The Hall–Kier alpha value is -1.95. The summed E-state index contributed by atoms with van der Waals surface area (Å²) in [7, 11) is 1.73. The molecule has 0 spiro atoms. The molecule has 1 amide bonds.